The number of hydrogen-bond acceptors (Lipinski definition) is 2. The average molecular weight is 325 g/mol. The van der Waals surface area contributed by atoms with Crippen molar-refractivity contribution in [1.82, 2.24) is 0 Å². The molecule has 0 aliphatic heterocycles. The predicted molar refractivity (Wildman–Crippen MR) is 75.5 cm³/mol. The Kier molecular flexibility index (Phi) is 4.56. The van der Waals surface area contributed by atoms with Crippen LogP contribution in [0.15, 0.2) is 46.9 Å². The molecule has 2 nitrogen and oxygen atoms in total. The Hall–Kier alpha value is -1.39. The van der Waals surface area contributed by atoms with Crippen molar-refractivity contribution in [3.63, 3.8) is 0 Å². The first kappa shape index (κ1) is 14.0. The highest BCUT2D eigenvalue weighted by Gasteiger charge is 2.10. The molecule has 2 aromatic carbocycles. The van der Waals surface area contributed by atoms with Gasteiger partial charge in [-0.25, -0.2) is 4.39 Å². The maximum Gasteiger partial charge on any atom is 0.128 e. The third-order valence-corrected chi connectivity index (χ3v) is 3.26. The monoisotopic (exact) mass is 324 g/mol. The molecular weight excluding hydrogens is 311 g/mol. The molecule has 2 rings (SSSR count). The summed E-state index contributed by atoms with van der Waals surface area (Å²) in [4.78, 5) is 0. The number of rotatable bonds is 4. The first-order valence-corrected chi connectivity index (χ1v) is 6.70. The minimum atomic E-state index is -0.694. The van der Waals surface area contributed by atoms with Gasteiger partial charge >= 0.3 is 0 Å². The Morgan fingerprint density at radius 3 is 2.53 bits per heavy atom. The highest BCUT2D eigenvalue weighted by atomic mass is 79.9. The van der Waals surface area contributed by atoms with Crippen LogP contribution in [-0.4, -0.2) is 5.11 Å². The van der Waals surface area contributed by atoms with Crippen LogP contribution in [0.25, 0.3) is 0 Å². The lowest BCUT2D eigenvalue weighted by Gasteiger charge is -2.13. The number of hydrogen-bond donors (Lipinski definition) is 1. The highest BCUT2D eigenvalue weighted by Crippen LogP contribution is 2.26. The lowest BCUT2D eigenvalue weighted by molar-refractivity contribution is 0.190. The lowest BCUT2D eigenvalue weighted by Crippen LogP contribution is -2.01. The fraction of sp³-hybridized carbons (Fsp3) is 0.200. The van der Waals surface area contributed by atoms with E-state index < -0.39 is 6.10 Å². The third kappa shape index (κ3) is 3.78. The molecule has 0 bridgehead atoms. The van der Waals surface area contributed by atoms with E-state index in [-0.39, 0.29) is 5.82 Å². The van der Waals surface area contributed by atoms with E-state index in [1.165, 1.54) is 18.2 Å². The molecule has 1 unspecified atom stereocenters. The van der Waals surface area contributed by atoms with E-state index in [1.807, 2.05) is 24.3 Å². The van der Waals surface area contributed by atoms with Gasteiger partial charge in [0.1, 0.15) is 18.2 Å². The SMILES string of the molecule is CC(O)c1ccc(F)cc1OCc1ccc(Br)cc1. The van der Waals surface area contributed by atoms with Crippen LogP contribution in [-0.2, 0) is 6.61 Å². The first-order valence-electron chi connectivity index (χ1n) is 5.91. The zero-order valence-corrected chi connectivity index (χ0v) is 12.0. The molecular formula is C15H14BrFO2. The molecule has 0 saturated heterocycles. The fourth-order valence-electron chi connectivity index (χ4n) is 1.72. The Morgan fingerprint density at radius 1 is 1.21 bits per heavy atom. The number of ether oxygens (including phenoxy) is 1. The second kappa shape index (κ2) is 6.17. The standard InChI is InChI=1S/C15H14BrFO2/c1-10(18)14-7-6-13(17)8-15(14)19-9-11-2-4-12(16)5-3-11/h2-8,10,18H,9H2,1H3. The summed E-state index contributed by atoms with van der Waals surface area (Å²) in [7, 11) is 0. The van der Waals surface area contributed by atoms with E-state index in [2.05, 4.69) is 15.9 Å². The summed E-state index contributed by atoms with van der Waals surface area (Å²) < 4.78 is 19.8. The maximum absolute atomic E-state index is 13.2. The molecule has 0 amide bonds. The molecule has 0 aliphatic rings. The topological polar surface area (TPSA) is 29.5 Å². The molecule has 0 aromatic heterocycles. The van der Waals surface area contributed by atoms with Crippen molar-refractivity contribution in [3.8, 4) is 5.75 Å². The Bertz CT molecular complexity index is 553. The van der Waals surface area contributed by atoms with Crippen molar-refractivity contribution < 1.29 is 14.2 Å². The van der Waals surface area contributed by atoms with Gasteiger partial charge < -0.3 is 9.84 Å². The maximum atomic E-state index is 13.2. The summed E-state index contributed by atoms with van der Waals surface area (Å²) in [5.74, 6) is -0.00637. The van der Waals surface area contributed by atoms with Crippen molar-refractivity contribution in [1.29, 1.82) is 0 Å². The van der Waals surface area contributed by atoms with Gasteiger partial charge in [-0.15, -0.1) is 0 Å². The summed E-state index contributed by atoms with van der Waals surface area (Å²) in [5.41, 5.74) is 1.56. The Labute approximate surface area is 120 Å². The Balaban J connectivity index is 2.14. The molecule has 1 N–H and O–H groups in total. The van der Waals surface area contributed by atoms with Crippen molar-refractivity contribution in [2.45, 2.75) is 19.6 Å². The van der Waals surface area contributed by atoms with E-state index >= 15 is 0 Å². The quantitative estimate of drug-likeness (QED) is 0.912. The molecule has 1 atom stereocenters. The smallest absolute Gasteiger partial charge is 0.128 e. The second-order valence-corrected chi connectivity index (χ2v) is 5.19. The number of aliphatic hydroxyl groups excluding tert-OH is 1. The van der Waals surface area contributed by atoms with Crippen LogP contribution in [0.2, 0.25) is 0 Å². The molecule has 4 heteroatoms. The molecule has 0 fully saturated rings. The van der Waals surface area contributed by atoms with Crippen molar-refractivity contribution in [2.24, 2.45) is 0 Å². The Morgan fingerprint density at radius 2 is 1.89 bits per heavy atom. The van der Waals surface area contributed by atoms with Crippen molar-refractivity contribution in [3.05, 3.63) is 63.9 Å². The van der Waals surface area contributed by atoms with E-state index in [0.29, 0.717) is 17.9 Å². The molecule has 100 valence electrons. The summed E-state index contributed by atoms with van der Waals surface area (Å²) >= 11 is 3.36. The van der Waals surface area contributed by atoms with E-state index in [1.54, 1.807) is 6.92 Å². The van der Waals surface area contributed by atoms with Gasteiger partial charge in [-0.05, 0) is 36.8 Å². The van der Waals surface area contributed by atoms with Gasteiger partial charge in [-0.2, -0.15) is 0 Å². The van der Waals surface area contributed by atoms with Crippen LogP contribution in [0, 0.1) is 5.82 Å². The molecule has 19 heavy (non-hydrogen) atoms. The van der Waals surface area contributed by atoms with Gasteiger partial charge in [0.2, 0.25) is 0 Å². The van der Waals surface area contributed by atoms with Crippen LogP contribution in [0.4, 0.5) is 4.39 Å². The molecule has 0 spiro atoms. The van der Waals surface area contributed by atoms with Gasteiger partial charge in [0, 0.05) is 16.1 Å². The largest absolute Gasteiger partial charge is 0.488 e. The van der Waals surface area contributed by atoms with E-state index in [0.717, 1.165) is 10.0 Å². The molecule has 0 saturated carbocycles. The summed E-state index contributed by atoms with van der Waals surface area (Å²) in [6.45, 7) is 1.95. The minimum Gasteiger partial charge on any atom is -0.488 e. The molecule has 2 aromatic rings. The van der Waals surface area contributed by atoms with E-state index in [4.69, 9.17) is 4.74 Å². The van der Waals surface area contributed by atoms with Gasteiger partial charge in [0.15, 0.2) is 0 Å². The highest BCUT2D eigenvalue weighted by molar-refractivity contribution is 9.10. The van der Waals surface area contributed by atoms with Gasteiger partial charge in [-0.3, -0.25) is 0 Å². The van der Waals surface area contributed by atoms with Crippen molar-refractivity contribution >= 4 is 15.9 Å². The van der Waals surface area contributed by atoms with Gasteiger partial charge in [-0.1, -0.05) is 28.1 Å². The minimum absolute atomic E-state index is 0.330. The van der Waals surface area contributed by atoms with Crippen LogP contribution in [0.3, 0.4) is 0 Å². The second-order valence-electron chi connectivity index (χ2n) is 4.27. The van der Waals surface area contributed by atoms with Crippen molar-refractivity contribution in [2.75, 3.05) is 0 Å². The average Bonchev–Trinajstić information content (AvgIpc) is 2.38. The number of halogens is 2. The zero-order chi connectivity index (χ0) is 13.8. The molecule has 0 radical (unpaired) electrons. The van der Waals surface area contributed by atoms with Crippen LogP contribution >= 0.6 is 15.9 Å². The molecule has 0 heterocycles. The van der Waals surface area contributed by atoms with E-state index in [9.17, 15) is 9.50 Å². The third-order valence-electron chi connectivity index (χ3n) is 2.73. The summed E-state index contributed by atoms with van der Waals surface area (Å²) in [5, 5.41) is 9.62. The summed E-state index contributed by atoms with van der Waals surface area (Å²) in [6, 6.07) is 11.8. The summed E-state index contributed by atoms with van der Waals surface area (Å²) in [6.07, 6.45) is -0.694. The number of aliphatic hydroxyl groups is 1. The first-order chi connectivity index (χ1) is 9.06. The van der Waals surface area contributed by atoms with Crippen LogP contribution in [0.5, 0.6) is 5.75 Å². The fourth-order valence-corrected chi connectivity index (χ4v) is 1.98. The van der Waals surface area contributed by atoms with Crippen LogP contribution < -0.4 is 4.74 Å². The number of benzene rings is 2. The molecule has 0 aliphatic carbocycles. The predicted octanol–water partition coefficient (Wildman–Crippen LogP) is 4.22. The van der Waals surface area contributed by atoms with Gasteiger partial charge in [0.05, 0.1) is 6.10 Å². The van der Waals surface area contributed by atoms with Crippen LogP contribution in [0.1, 0.15) is 24.2 Å². The lowest BCUT2D eigenvalue weighted by atomic mass is 10.1. The van der Waals surface area contributed by atoms with Gasteiger partial charge in [0.25, 0.3) is 0 Å². The zero-order valence-electron chi connectivity index (χ0n) is 10.4. The normalized spacial score (nSPS) is 12.2.